The molecule has 0 bridgehead atoms. The minimum Gasteiger partial charge on any atom is -0.106 e. The summed E-state index contributed by atoms with van der Waals surface area (Å²) in [6.45, 7) is 0. The molecule has 1 aliphatic rings. The van der Waals surface area contributed by atoms with Crippen molar-refractivity contribution in [1.82, 2.24) is 0 Å². The molecule has 0 spiro atoms. The van der Waals surface area contributed by atoms with Gasteiger partial charge in [0.15, 0.2) is 0 Å². The maximum atomic E-state index is 3.55. The van der Waals surface area contributed by atoms with Crippen molar-refractivity contribution in [3.63, 3.8) is 0 Å². The Morgan fingerprint density at radius 3 is 1.59 bits per heavy atom. The fourth-order valence-electron chi connectivity index (χ4n) is 2.33. The maximum Gasteiger partial charge on any atom is 0.117 e. The summed E-state index contributed by atoms with van der Waals surface area (Å²) in [6, 6.07) is 13.0. The Morgan fingerprint density at radius 2 is 1.18 bits per heavy atom. The van der Waals surface area contributed by atoms with Gasteiger partial charge in [0.05, 0.1) is 0 Å². The molecule has 0 unspecified atom stereocenters. The molecule has 0 aromatic heterocycles. The van der Waals surface area contributed by atoms with Crippen LogP contribution in [-0.2, 0) is 3.14 Å². The molecule has 4 radical (unpaired) electrons. The van der Waals surface area contributed by atoms with Gasteiger partial charge in [-0.2, -0.15) is 0 Å². The molecule has 0 saturated carbocycles. The Hall–Kier alpha value is 0.465. The van der Waals surface area contributed by atoms with Crippen LogP contribution in [0.25, 0.3) is 11.1 Å². The van der Waals surface area contributed by atoms with Gasteiger partial charge >= 0.3 is 0 Å². The fourth-order valence-corrected chi connectivity index (χ4v) is 4.01. The summed E-state index contributed by atoms with van der Waals surface area (Å²) in [5.74, 6) is 0. The summed E-state index contributed by atoms with van der Waals surface area (Å²) in [4.78, 5) is 0. The standard InChI is InChI=1S/C13H6Br2.2Al/c14-10-1-3-12-8(6-10)5-9-7-11(15)2-4-13(9)12;;/h1-4,6-7H;;. The van der Waals surface area contributed by atoms with E-state index in [2.05, 4.69) is 101 Å². The first-order valence-corrected chi connectivity index (χ1v) is 7.92. The molecule has 1 aliphatic carbocycles. The molecule has 0 nitrogen and oxygen atoms in total. The smallest absolute Gasteiger partial charge is 0.106 e. The molecule has 0 amide bonds. The fraction of sp³-hybridized carbons (Fsp3) is 0.0769. The van der Waals surface area contributed by atoms with E-state index in [9.17, 15) is 0 Å². The van der Waals surface area contributed by atoms with Gasteiger partial charge in [0.2, 0.25) is 0 Å². The van der Waals surface area contributed by atoms with Crippen molar-refractivity contribution < 1.29 is 0 Å². The topological polar surface area (TPSA) is 0 Å². The van der Waals surface area contributed by atoms with Crippen LogP contribution in [0.2, 0.25) is 0 Å². The van der Waals surface area contributed by atoms with Crippen LogP contribution in [0.1, 0.15) is 11.1 Å². The molecule has 0 saturated heterocycles. The monoisotopic (exact) mass is 374 g/mol. The van der Waals surface area contributed by atoms with E-state index in [0.29, 0.717) is 0 Å². The third-order valence-corrected chi connectivity index (χ3v) is 5.38. The molecule has 3 rings (SSSR count). The Bertz CT molecular complexity index is 567. The quantitative estimate of drug-likeness (QED) is 0.615. The van der Waals surface area contributed by atoms with E-state index in [0.717, 1.165) is 8.95 Å². The van der Waals surface area contributed by atoms with Gasteiger partial charge in [-0.1, -0.05) is 55.1 Å². The SMILES string of the molecule is [Al][C]1([Al])c2cc(Br)ccc2-c2ccc(Br)cc21. The van der Waals surface area contributed by atoms with Gasteiger partial charge in [-0.25, -0.2) is 0 Å². The van der Waals surface area contributed by atoms with Crippen molar-refractivity contribution in [2.75, 3.05) is 0 Å². The molecule has 78 valence electrons. The summed E-state index contributed by atoms with van der Waals surface area (Å²) in [7, 11) is 0. The van der Waals surface area contributed by atoms with Crippen LogP contribution in [0.3, 0.4) is 0 Å². The third kappa shape index (κ3) is 1.91. The maximum absolute atomic E-state index is 3.55. The highest BCUT2D eigenvalue weighted by Crippen LogP contribution is 2.47. The largest absolute Gasteiger partial charge is 0.117 e. The zero-order valence-corrected chi connectivity index (χ0v) is 14.4. The van der Waals surface area contributed by atoms with Gasteiger partial charge in [-0.15, -0.1) is 3.14 Å². The molecule has 0 aliphatic heterocycles. The minimum absolute atomic E-state index is 0.0851. The minimum atomic E-state index is -0.0851. The highest BCUT2D eigenvalue weighted by Gasteiger charge is 2.32. The zero-order chi connectivity index (χ0) is 12.2. The number of benzene rings is 2. The first-order valence-electron chi connectivity index (χ1n) is 5.18. The Morgan fingerprint density at radius 1 is 0.765 bits per heavy atom. The zero-order valence-electron chi connectivity index (χ0n) is 8.87. The van der Waals surface area contributed by atoms with Crippen LogP contribution in [0.4, 0.5) is 0 Å². The number of rotatable bonds is 0. The second kappa shape index (κ2) is 4.24. The average molecular weight is 376 g/mol. The molecular weight excluding hydrogens is 370 g/mol. The van der Waals surface area contributed by atoms with E-state index in [4.69, 9.17) is 0 Å². The lowest BCUT2D eigenvalue weighted by Gasteiger charge is -2.24. The summed E-state index contributed by atoms with van der Waals surface area (Å²) in [5, 5.41) is 0. The molecule has 0 fully saturated rings. The molecule has 17 heavy (non-hydrogen) atoms. The molecule has 2 aromatic rings. The second-order valence-corrected chi connectivity index (χ2v) is 8.57. The predicted octanol–water partition coefficient (Wildman–Crippen LogP) is 3.73. The first-order chi connectivity index (χ1) is 8.00. The molecule has 2 aromatic carbocycles. The molecule has 4 heteroatoms. The summed E-state index contributed by atoms with van der Waals surface area (Å²) < 4.78 is 2.16. The van der Waals surface area contributed by atoms with E-state index < -0.39 is 0 Å². The number of fused-ring (bicyclic) bond motifs is 3. The lowest BCUT2D eigenvalue weighted by Crippen LogP contribution is -2.25. The van der Waals surface area contributed by atoms with Crippen LogP contribution < -0.4 is 0 Å². The highest BCUT2D eigenvalue weighted by atomic mass is 79.9. The molecular formula is C13H6Al2Br2. The van der Waals surface area contributed by atoms with Gasteiger partial charge in [0, 0.05) is 8.95 Å². The van der Waals surface area contributed by atoms with E-state index in [1.54, 1.807) is 0 Å². The third-order valence-electron chi connectivity index (χ3n) is 3.14. The average Bonchev–Trinajstić information content (AvgIpc) is 2.49. The van der Waals surface area contributed by atoms with Gasteiger partial charge in [-0.3, -0.25) is 0 Å². The second-order valence-electron chi connectivity index (χ2n) is 4.25. The van der Waals surface area contributed by atoms with Crippen molar-refractivity contribution in [2.24, 2.45) is 0 Å². The Labute approximate surface area is 134 Å². The van der Waals surface area contributed by atoms with Crippen molar-refractivity contribution in [2.45, 2.75) is 3.14 Å². The lowest BCUT2D eigenvalue weighted by molar-refractivity contribution is 1.08. The van der Waals surface area contributed by atoms with Gasteiger partial charge in [0.25, 0.3) is 0 Å². The number of hydrogen-bond donors (Lipinski definition) is 0. The molecule has 0 heterocycles. The van der Waals surface area contributed by atoms with E-state index >= 15 is 0 Å². The van der Waals surface area contributed by atoms with Crippen molar-refractivity contribution in [3.8, 4) is 11.1 Å². The summed E-state index contributed by atoms with van der Waals surface area (Å²) >= 11 is 13.0. The molecule has 0 N–H and O–H groups in total. The van der Waals surface area contributed by atoms with Crippen LogP contribution in [-0.4, -0.2) is 32.6 Å². The van der Waals surface area contributed by atoms with Crippen LogP contribution in [0.5, 0.6) is 0 Å². The van der Waals surface area contributed by atoms with E-state index in [1.807, 2.05) is 0 Å². The Kier molecular flexibility index (Phi) is 3.12. The van der Waals surface area contributed by atoms with Gasteiger partial charge in [0.1, 0.15) is 32.6 Å². The summed E-state index contributed by atoms with van der Waals surface area (Å²) in [6.07, 6.45) is 0. The van der Waals surface area contributed by atoms with Gasteiger partial charge in [-0.05, 0) is 35.4 Å². The first kappa shape index (κ1) is 12.5. The van der Waals surface area contributed by atoms with Crippen molar-refractivity contribution in [1.29, 1.82) is 0 Å². The normalized spacial score (nSPS) is 15.4. The van der Waals surface area contributed by atoms with E-state index in [-0.39, 0.29) is 3.14 Å². The van der Waals surface area contributed by atoms with Crippen molar-refractivity contribution in [3.05, 3.63) is 56.5 Å². The van der Waals surface area contributed by atoms with E-state index in [1.165, 1.54) is 22.3 Å². The molecule has 0 atom stereocenters. The highest BCUT2D eigenvalue weighted by molar-refractivity contribution is 9.10. The lowest BCUT2D eigenvalue weighted by atomic mass is 10.1. The Balaban J connectivity index is 2.37. The van der Waals surface area contributed by atoms with Crippen molar-refractivity contribution >= 4 is 64.4 Å². The summed E-state index contributed by atoms with van der Waals surface area (Å²) in [5.41, 5.74) is 5.30. The van der Waals surface area contributed by atoms with Crippen LogP contribution in [0.15, 0.2) is 45.3 Å². The van der Waals surface area contributed by atoms with Crippen LogP contribution in [0, 0.1) is 0 Å². The number of halogens is 2. The predicted molar refractivity (Wildman–Crippen MR) is 79.6 cm³/mol. The number of hydrogen-bond acceptors (Lipinski definition) is 0. The van der Waals surface area contributed by atoms with Crippen LogP contribution >= 0.6 is 31.9 Å². The van der Waals surface area contributed by atoms with Gasteiger partial charge < -0.3 is 0 Å².